The molecule has 0 atom stereocenters. The lowest BCUT2D eigenvalue weighted by Crippen LogP contribution is -2.23. The minimum absolute atomic E-state index is 0.00452. The maximum atomic E-state index is 13.1. The van der Waals surface area contributed by atoms with Gasteiger partial charge in [0, 0.05) is 5.75 Å². The second kappa shape index (κ2) is 7.93. The Morgan fingerprint density at radius 3 is 2.79 bits per heavy atom. The molecule has 0 aliphatic carbocycles. The predicted octanol–water partition coefficient (Wildman–Crippen LogP) is 4.57. The minimum atomic E-state index is 0.00452. The Balaban J connectivity index is 1.45. The molecule has 0 amide bonds. The van der Waals surface area contributed by atoms with Gasteiger partial charge >= 0.3 is 0 Å². The number of thiophene rings is 1. The van der Waals surface area contributed by atoms with E-state index in [1.165, 1.54) is 16.9 Å². The van der Waals surface area contributed by atoms with E-state index in [0.29, 0.717) is 11.2 Å². The molecule has 1 aliphatic heterocycles. The van der Waals surface area contributed by atoms with Gasteiger partial charge in [0.2, 0.25) is 6.79 Å². The molecule has 0 fully saturated rings. The molecule has 29 heavy (non-hydrogen) atoms. The van der Waals surface area contributed by atoms with E-state index in [2.05, 4.69) is 12.1 Å². The van der Waals surface area contributed by atoms with Gasteiger partial charge in [0.05, 0.1) is 12.1 Å². The quantitative estimate of drug-likeness (QED) is 0.337. The molecule has 0 unspecified atom stereocenters. The first-order valence-electron chi connectivity index (χ1n) is 9.31. The number of fused-ring (bicyclic) bond motifs is 2. The highest BCUT2D eigenvalue weighted by atomic mass is 32.2. The van der Waals surface area contributed by atoms with Crippen LogP contribution in [-0.4, -0.2) is 22.1 Å². The first-order chi connectivity index (χ1) is 14.3. The summed E-state index contributed by atoms with van der Waals surface area (Å²) in [5, 5.41) is 2.66. The monoisotopic (exact) mass is 422 g/mol. The van der Waals surface area contributed by atoms with Gasteiger partial charge in [-0.2, -0.15) is 0 Å². The first kappa shape index (κ1) is 18.3. The van der Waals surface area contributed by atoms with Crippen molar-refractivity contribution in [3.05, 3.63) is 81.5 Å². The van der Waals surface area contributed by atoms with E-state index in [1.807, 2.05) is 47.8 Å². The minimum Gasteiger partial charge on any atom is -0.454 e. The summed E-state index contributed by atoms with van der Waals surface area (Å²) in [5.74, 6) is 2.32. The lowest BCUT2D eigenvalue weighted by atomic mass is 10.2. The molecule has 7 heteroatoms. The molecular weight excluding hydrogens is 404 g/mol. The average Bonchev–Trinajstić information content (AvgIpc) is 3.40. The number of ether oxygens (including phenoxy) is 2. The Kier molecular flexibility index (Phi) is 4.99. The molecule has 0 spiro atoms. The lowest BCUT2D eigenvalue weighted by molar-refractivity contribution is 0.174. The van der Waals surface area contributed by atoms with Crippen LogP contribution in [0.25, 0.3) is 10.2 Å². The second-order valence-corrected chi connectivity index (χ2v) is 8.67. The maximum absolute atomic E-state index is 13.1. The van der Waals surface area contributed by atoms with Crippen LogP contribution in [0, 0.1) is 0 Å². The molecule has 3 heterocycles. The molecule has 5 rings (SSSR count). The van der Waals surface area contributed by atoms with Crippen molar-refractivity contribution < 1.29 is 9.47 Å². The third-order valence-electron chi connectivity index (χ3n) is 4.77. The summed E-state index contributed by atoms with van der Waals surface area (Å²) >= 11 is 3.06. The van der Waals surface area contributed by atoms with E-state index in [-0.39, 0.29) is 12.4 Å². The van der Waals surface area contributed by atoms with Gasteiger partial charge in [0.1, 0.15) is 4.70 Å². The highest BCUT2D eigenvalue weighted by Gasteiger charge is 2.16. The Bertz CT molecular complexity index is 1220. The molecule has 4 aromatic rings. The summed E-state index contributed by atoms with van der Waals surface area (Å²) in [6.45, 7) is 0.687. The Hall–Kier alpha value is -2.77. The van der Waals surface area contributed by atoms with Crippen molar-refractivity contribution in [1.82, 2.24) is 9.55 Å². The van der Waals surface area contributed by atoms with Gasteiger partial charge in [0.15, 0.2) is 16.7 Å². The van der Waals surface area contributed by atoms with E-state index in [1.54, 1.807) is 16.3 Å². The van der Waals surface area contributed by atoms with Crippen molar-refractivity contribution in [2.24, 2.45) is 0 Å². The van der Waals surface area contributed by atoms with Gasteiger partial charge in [-0.25, -0.2) is 4.98 Å². The number of aromatic nitrogens is 2. The van der Waals surface area contributed by atoms with Crippen LogP contribution in [0.5, 0.6) is 11.5 Å². The van der Waals surface area contributed by atoms with E-state index < -0.39 is 0 Å². The third-order valence-corrected chi connectivity index (χ3v) is 6.64. The molecule has 0 saturated heterocycles. The molecule has 146 valence electrons. The van der Waals surface area contributed by atoms with Gasteiger partial charge < -0.3 is 9.47 Å². The van der Waals surface area contributed by atoms with Crippen molar-refractivity contribution in [3.8, 4) is 11.5 Å². The van der Waals surface area contributed by atoms with Crippen LogP contribution >= 0.6 is 23.1 Å². The third kappa shape index (κ3) is 3.75. The molecular formula is C22H18N2O3S2. The average molecular weight is 423 g/mol. The first-order valence-corrected chi connectivity index (χ1v) is 11.2. The van der Waals surface area contributed by atoms with E-state index >= 15 is 0 Å². The zero-order valence-electron chi connectivity index (χ0n) is 15.5. The zero-order valence-corrected chi connectivity index (χ0v) is 17.2. The molecule has 0 saturated carbocycles. The van der Waals surface area contributed by atoms with Crippen LogP contribution < -0.4 is 15.0 Å². The Morgan fingerprint density at radius 2 is 1.90 bits per heavy atom. The summed E-state index contributed by atoms with van der Waals surface area (Å²) in [4.78, 5) is 17.9. The highest BCUT2D eigenvalue weighted by molar-refractivity contribution is 7.99. The van der Waals surface area contributed by atoms with Crippen LogP contribution in [0.2, 0.25) is 0 Å². The standard InChI is InChI=1S/C22H18N2O3S2/c25-21-20-17(9-11-28-20)23-22(29-10-8-15-4-2-1-3-5-15)24(21)13-16-6-7-18-19(12-16)27-14-26-18/h1-7,9,11-12H,8,10,13-14H2. The Morgan fingerprint density at radius 1 is 1.03 bits per heavy atom. The van der Waals surface area contributed by atoms with Crippen LogP contribution in [0.3, 0.4) is 0 Å². The number of hydrogen-bond donors (Lipinski definition) is 0. The number of hydrogen-bond acceptors (Lipinski definition) is 6. The van der Waals surface area contributed by atoms with Crippen molar-refractivity contribution in [1.29, 1.82) is 0 Å². The van der Waals surface area contributed by atoms with Crippen LogP contribution in [-0.2, 0) is 13.0 Å². The second-order valence-electron chi connectivity index (χ2n) is 6.69. The van der Waals surface area contributed by atoms with Gasteiger partial charge in [-0.05, 0) is 41.1 Å². The van der Waals surface area contributed by atoms with Gasteiger partial charge in [-0.1, -0.05) is 48.2 Å². The van der Waals surface area contributed by atoms with E-state index in [4.69, 9.17) is 14.5 Å². The Labute approximate surface area is 175 Å². The maximum Gasteiger partial charge on any atom is 0.272 e. The molecule has 2 aromatic carbocycles. The van der Waals surface area contributed by atoms with Gasteiger partial charge in [-0.15, -0.1) is 11.3 Å². The number of aryl methyl sites for hydroxylation is 1. The normalized spacial score (nSPS) is 12.6. The van der Waals surface area contributed by atoms with Crippen molar-refractivity contribution >= 4 is 33.3 Å². The van der Waals surface area contributed by atoms with Crippen LogP contribution in [0.4, 0.5) is 0 Å². The van der Waals surface area contributed by atoms with Crippen LogP contribution in [0.15, 0.2) is 69.9 Å². The number of rotatable bonds is 6. The topological polar surface area (TPSA) is 53.4 Å². The molecule has 0 bridgehead atoms. The van der Waals surface area contributed by atoms with Gasteiger partial charge in [-0.3, -0.25) is 9.36 Å². The van der Waals surface area contributed by atoms with Crippen molar-refractivity contribution in [2.45, 2.75) is 18.1 Å². The smallest absolute Gasteiger partial charge is 0.272 e. The highest BCUT2D eigenvalue weighted by Crippen LogP contribution is 2.33. The van der Waals surface area contributed by atoms with Crippen molar-refractivity contribution in [2.75, 3.05) is 12.5 Å². The fraction of sp³-hybridized carbons (Fsp3) is 0.182. The molecule has 5 nitrogen and oxygen atoms in total. The summed E-state index contributed by atoms with van der Waals surface area (Å²) in [7, 11) is 0. The summed E-state index contributed by atoms with van der Waals surface area (Å²) < 4.78 is 13.3. The lowest BCUT2D eigenvalue weighted by Gasteiger charge is -2.12. The zero-order chi connectivity index (χ0) is 19.6. The molecule has 1 aliphatic rings. The SMILES string of the molecule is O=c1c2sccc2nc(SCCc2ccccc2)n1Cc1ccc2c(c1)OCO2. The fourth-order valence-corrected chi connectivity index (χ4v) is 5.06. The molecule has 0 N–H and O–H groups in total. The number of nitrogens with zero attached hydrogens (tertiary/aromatic N) is 2. The predicted molar refractivity (Wildman–Crippen MR) is 116 cm³/mol. The molecule has 2 aromatic heterocycles. The van der Waals surface area contributed by atoms with Gasteiger partial charge in [0.25, 0.3) is 5.56 Å². The summed E-state index contributed by atoms with van der Waals surface area (Å²) in [6, 6.07) is 18.1. The van der Waals surface area contributed by atoms with Crippen molar-refractivity contribution in [3.63, 3.8) is 0 Å². The molecule has 0 radical (unpaired) electrons. The summed E-state index contributed by atoms with van der Waals surface area (Å²) in [5.41, 5.74) is 3.04. The summed E-state index contributed by atoms with van der Waals surface area (Å²) in [6.07, 6.45) is 0.924. The van der Waals surface area contributed by atoms with E-state index in [0.717, 1.165) is 39.9 Å². The fourth-order valence-electron chi connectivity index (χ4n) is 3.30. The van der Waals surface area contributed by atoms with E-state index in [9.17, 15) is 4.79 Å². The largest absolute Gasteiger partial charge is 0.454 e. The number of thioether (sulfide) groups is 1. The van der Waals surface area contributed by atoms with Crippen LogP contribution in [0.1, 0.15) is 11.1 Å². The number of benzene rings is 2.